The number of carbonyl (C=O) groups is 1. The van der Waals surface area contributed by atoms with Crippen LogP contribution in [0.1, 0.15) is 43.2 Å². The zero-order chi connectivity index (χ0) is 16.7. The fraction of sp³-hybridized carbons (Fsp3) is 0.650. The van der Waals surface area contributed by atoms with Crippen LogP contribution in [0.25, 0.3) is 0 Å². The van der Waals surface area contributed by atoms with Crippen molar-refractivity contribution in [3.8, 4) is 0 Å². The first-order chi connectivity index (χ1) is 11.6. The van der Waals surface area contributed by atoms with Crippen LogP contribution < -0.4 is 5.32 Å². The van der Waals surface area contributed by atoms with Crippen molar-refractivity contribution in [2.75, 3.05) is 16.8 Å². The third kappa shape index (κ3) is 3.01. The lowest BCUT2D eigenvalue weighted by Crippen LogP contribution is -2.48. The molecule has 1 spiro atoms. The molecule has 0 aromatic heterocycles. The second kappa shape index (κ2) is 6.60. The highest BCUT2D eigenvalue weighted by Gasteiger charge is 2.55. The minimum absolute atomic E-state index is 0.202. The molecule has 3 atom stereocenters. The molecule has 4 heteroatoms. The van der Waals surface area contributed by atoms with Gasteiger partial charge in [-0.3, -0.25) is 4.79 Å². The average molecular weight is 362 g/mol. The van der Waals surface area contributed by atoms with Gasteiger partial charge in [0.25, 0.3) is 0 Å². The normalized spacial score (nSPS) is 31.2. The molecule has 1 aliphatic heterocycles. The fourth-order valence-electron chi connectivity index (χ4n) is 5.11. The van der Waals surface area contributed by atoms with Crippen LogP contribution in [0.3, 0.4) is 0 Å². The summed E-state index contributed by atoms with van der Waals surface area (Å²) in [5.74, 6) is 4.53. The van der Waals surface area contributed by atoms with Crippen molar-refractivity contribution in [1.29, 1.82) is 0 Å². The van der Waals surface area contributed by atoms with E-state index in [0.717, 1.165) is 30.4 Å². The van der Waals surface area contributed by atoms with Crippen LogP contribution in [0.2, 0.25) is 0 Å². The Hall–Kier alpha value is -0.610. The minimum Gasteiger partial charge on any atom is -0.326 e. The Morgan fingerprint density at radius 2 is 1.62 bits per heavy atom. The van der Waals surface area contributed by atoms with Gasteiger partial charge in [-0.05, 0) is 74.6 Å². The highest BCUT2D eigenvalue weighted by Crippen LogP contribution is 2.64. The van der Waals surface area contributed by atoms with Gasteiger partial charge in [-0.1, -0.05) is 12.5 Å². The largest absolute Gasteiger partial charge is 0.326 e. The summed E-state index contributed by atoms with van der Waals surface area (Å²) in [6, 6.07) is 6.32. The quantitative estimate of drug-likeness (QED) is 0.780. The smallest absolute Gasteiger partial charge is 0.227 e. The maximum Gasteiger partial charge on any atom is 0.227 e. The highest BCUT2D eigenvalue weighted by molar-refractivity contribution is 8.21. The first-order valence-corrected chi connectivity index (χ1v) is 11.2. The molecule has 4 rings (SSSR count). The molecular formula is C20H27NOS2. The third-order valence-electron chi connectivity index (χ3n) is 5.98. The van der Waals surface area contributed by atoms with Gasteiger partial charge in [-0.25, -0.2) is 0 Å². The van der Waals surface area contributed by atoms with E-state index in [-0.39, 0.29) is 11.8 Å². The monoisotopic (exact) mass is 361 g/mol. The number of amides is 1. The number of anilines is 1. The van der Waals surface area contributed by atoms with Crippen LogP contribution in [0.15, 0.2) is 18.2 Å². The van der Waals surface area contributed by atoms with E-state index >= 15 is 0 Å². The zero-order valence-electron chi connectivity index (χ0n) is 14.6. The standard InChI is InChI=1S/C20H27NOS2/c1-13-8-14(2)10-18(9-13)21-19(22)15-11-16-4-3-5-17(12-15)20(16)23-6-7-24-20/h8-10,15-17H,3-7,11-12H2,1-2H3,(H,21,22)/t15?,16-,17+. The average Bonchev–Trinajstić information content (AvgIpc) is 2.95. The van der Waals surface area contributed by atoms with Crippen LogP contribution in [0, 0.1) is 31.6 Å². The number of carbonyl (C=O) groups excluding carboxylic acids is 1. The molecule has 1 aromatic rings. The van der Waals surface area contributed by atoms with E-state index < -0.39 is 0 Å². The molecule has 24 heavy (non-hydrogen) atoms. The number of thioether (sulfide) groups is 2. The molecule has 1 unspecified atom stereocenters. The van der Waals surface area contributed by atoms with Crippen LogP contribution in [-0.4, -0.2) is 21.5 Å². The molecule has 1 aromatic carbocycles. The van der Waals surface area contributed by atoms with Crippen molar-refractivity contribution in [3.63, 3.8) is 0 Å². The van der Waals surface area contributed by atoms with Gasteiger partial charge < -0.3 is 5.32 Å². The first-order valence-electron chi connectivity index (χ1n) is 9.24. The van der Waals surface area contributed by atoms with E-state index in [1.807, 2.05) is 0 Å². The van der Waals surface area contributed by atoms with Gasteiger partial charge in [0.05, 0.1) is 4.08 Å². The van der Waals surface area contributed by atoms with Gasteiger partial charge in [0.2, 0.25) is 5.91 Å². The molecule has 130 valence electrons. The second-order valence-electron chi connectivity index (χ2n) is 7.78. The lowest BCUT2D eigenvalue weighted by atomic mass is 9.67. The molecule has 2 aliphatic carbocycles. The van der Waals surface area contributed by atoms with Gasteiger partial charge in [-0.2, -0.15) is 0 Å². The van der Waals surface area contributed by atoms with Gasteiger partial charge in [0, 0.05) is 23.1 Å². The molecule has 3 fully saturated rings. The van der Waals surface area contributed by atoms with Gasteiger partial charge >= 0.3 is 0 Å². The van der Waals surface area contributed by atoms with E-state index in [9.17, 15) is 4.79 Å². The number of rotatable bonds is 2. The summed E-state index contributed by atoms with van der Waals surface area (Å²) in [7, 11) is 0. The van der Waals surface area contributed by atoms with Crippen LogP contribution >= 0.6 is 23.5 Å². The molecule has 3 aliphatic rings. The van der Waals surface area contributed by atoms with Crippen LogP contribution in [-0.2, 0) is 4.79 Å². The van der Waals surface area contributed by atoms with Crippen molar-refractivity contribution < 1.29 is 4.79 Å². The number of hydrogen-bond donors (Lipinski definition) is 1. The van der Waals surface area contributed by atoms with E-state index in [1.54, 1.807) is 0 Å². The summed E-state index contributed by atoms with van der Waals surface area (Å²) < 4.78 is 0.453. The SMILES string of the molecule is Cc1cc(C)cc(NC(=O)C2C[C@H]3CCC[C@@H](C2)C32SCCS2)c1. The van der Waals surface area contributed by atoms with Crippen molar-refractivity contribution in [2.24, 2.45) is 17.8 Å². The van der Waals surface area contributed by atoms with Crippen molar-refractivity contribution in [3.05, 3.63) is 29.3 Å². The van der Waals surface area contributed by atoms with Crippen LogP contribution in [0.5, 0.6) is 0 Å². The molecule has 0 radical (unpaired) electrons. The topological polar surface area (TPSA) is 29.1 Å². The number of nitrogens with one attached hydrogen (secondary N) is 1. The molecule has 1 N–H and O–H groups in total. The Kier molecular flexibility index (Phi) is 4.63. The Morgan fingerprint density at radius 3 is 2.21 bits per heavy atom. The van der Waals surface area contributed by atoms with Crippen molar-refractivity contribution in [1.82, 2.24) is 0 Å². The predicted octanol–water partition coefficient (Wildman–Crippen LogP) is 5.24. The van der Waals surface area contributed by atoms with Crippen LogP contribution in [0.4, 0.5) is 5.69 Å². The first kappa shape index (κ1) is 16.8. The molecule has 2 bridgehead atoms. The summed E-state index contributed by atoms with van der Waals surface area (Å²) in [4.78, 5) is 12.9. The van der Waals surface area contributed by atoms with E-state index in [1.165, 1.54) is 41.9 Å². The summed E-state index contributed by atoms with van der Waals surface area (Å²) in [6.07, 6.45) is 6.19. The maximum atomic E-state index is 12.9. The van der Waals surface area contributed by atoms with Crippen molar-refractivity contribution >= 4 is 35.1 Å². The molecule has 1 saturated heterocycles. The second-order valence-corrected chi connectivity index (χ2v) is 10.8. The Bertz CT molecular complexity index is 602. The van der Waals surface area contributed by atoms with E-state index in [2.05, 4.69) is 60.9 Å². The summed E-state index contributed by atoms with van der Waals surface area (Å²) in [5.41, 5.74) is 3.39. The van der Waals surface area contributed by atoms with Gasteiger partial charge in [-0.15, -0.1) is 23.5 Å². The molecule has 2 nitrogen and oxygen atoms in total. The predicted molar refractivity (Wildman–Crippen MR) is 106 cm³/mol. The fourth-order valence-corrected chi connectivity index (χ4v) is 9.05. The summed E-state index contributed by atoms with van der Waals surface area (Å²) >= 11 is 4.42. The Morgan fingerprint density at radius 1 is 1.04 bits per heavy atom. The zero-order valence-corrected chi connectivity index (χ0v) is 16.3. The number of hydrogen-bond acceptors (Lipinski definition) is 3. The van der Waals surface area contributed by atoms with Crippen molar-refractivity contribution in [2.45, 2.75) is 50.0 Å². The Balaban J connectivity index is 1.48. The minimum atomic E-state index is 0.202. The lowest BCUT2D eigenvalue weighted by molar-refractivity contribution is -0.122. The molecule has 1 amide bonds. The van der Waals surface area contributed by atoms with Gasteiger partial charge in [0.15, 0.2) is 0 Å². The molecular weight excluding hydrogens is 334 g/mol. The van der Waals surface area contributed by atoms with E-state index in [0.29, 0.717) is 4.08 Å². The highest BCUT2D eigenvalue weighted by atomic mass is 32.2. The lowest BCUT2D eigenvalue weighted by Gasteiger charge is -2.52. The summed E-state index contributed by atoms with van der Waals surface area (Å²) in [6.45, 7) is 4.18. The number of benzene rings is 1. The number of aryl methyl sites for hydroxylation is 2. The van der Waals surface area contributed by atoms with E-state index in [4.69, 9.17) is 0 Å². The Labute approximate surface area is 153 Å². The maximum absolute atomic E-state index is 12.9. The summed E-state index contributed by atoms with van der Waals surface area (Å²) in [5, 5.41) is 3.21. The molecule has 1 heterocycles. The third-order valence-corrected chi connectivity index (χ3v) is 10.00. The molecule has 2 saturated carbocycles. The van der Waals surface area contributed by atoms with Gasteiger partial charge in [0.1, 0.15) is 0 Å².